The van der Waals surface area contributed by atoms with Gasteiger partial charge in [-0.25, -0.2) is 4.79 Å². The summed E-state index contributed by atoms with van der Waals surface area (Å²) in [4.78, 5) is 11.2. The highest BCUT2D eigenvalue weighted by Gasteiger charge is 2.17. The molecule has 2 aromatic carbocycles. The second kappa shape index (κ2) is 10.6. The molecule has 0 heterocycles. The van der Waals surface area contributed by atoms with E-state index in [1.54, 1.807) is 31.2 Å². The van der Waals surface area contributed by atoms with Gasteiger partial charge in [-0.3, -0.25) is 0 Å². The Morgan fingerprint density at radius 2 is 1.79 bits per heavy atom. The van der Waals surface area contributed by atoms with Crippen molar-refractivity contribution < 1.29 is 27.2 Å². The van der Waals surface area contributed by atoms with Gasteiger partial charge in [-0.05, 0) is 42.3 Å². The van der Waals surface area contributed by atoms with Crippen LogP contribution in [0.1, 0.15) is 18.1 Å². The number of aliphatic carboxylic acids is 1. The van der Waals surface area contributed by atoms with Crippen LogP contribution in [0.2, 0.25) is 0 Å². The third-order valence-corrected chi connectivity index (χ3v) is 4.38. The van der Waals surface area contributed by atoms with Gasteiger partial charge in [0.15, 0.2) is 6.10 Å². The number of rotatable bonds is 11. The van der Waals surface area contributed by atoms with Crippen molar-refractivity contribution in [3.8, 4) is 5.75 Å². The number of anilines is 1. The summed E-state index contributed by atoms with van der Waals surface area (Å²) in [7, 11) is -3.52. The number of benzene rings is 2. The van der Waals surface area contributed by atoms with Gasteiger partial charge >= 0.3 is 16.1 Å². The van der Waals surface area contributed by atoms with Crippen LogP contribution >= 0.6 is 0 Å². The molecule has 0 unspecified atom stereocenters. The maximum Gasteiger partial charge on any atom is 0.333 e. The van der Waals surface area contributed by atoms with Crippen molar-refractivity contribution in [2.24, 2.45) is 0 Å². The summed E-state index contributed by atoms with van der Waals surface area (Å²) in [6.07, 6.45) is 4.34. The molecule has 1 atom stereocenters. The van der Waals surface area contributed by atoms with Gasteiger partial charge in [0.25, 0.3) is 0 Å². The first-order chi connectivity index (χ1) is 13.8. The van der Waals surface area contributed by atoms with E-state index >= 15 is 0 Å². The molecule has 0 saturated heterocycles. The number of carbonyl (C=O) groups is 1. The number of hydrogen-bond acceptors (Lipinski definition) is 6. The number of carboxylic acid groups (broad SMARTS) is 1. The number of ether oxygens (including phenoxy) is 1. The molecule has 8 heteroatoms. The third kappa shape index (κ3) is 8.37. The van der Waals surface area contributed by atoms with E-state index in [-0.39, 0.29) is 5.75 Å². The lowest BCUT2D eigenvalue weighted by Crippen LogP contribution is -2.26. The van der Waals surface area contributed by atoms with Gasteiger partial charge in [0.1, 0.15) is 5.75 Å². The van der Waals surface area contributed by atoms with Crippen molar-refractivity contribution in [1.29, 1.82) is 0 Å². The highest BCUT2D eigenvalue weighted by atomic mass is 32.2. The molecule has 0 aromatic heterocycles. The van der Waals surface area contributed by atoms with Crippen LogP contribution in [0.4, 0.5) is 5.69 Å². The molecule has 0 radical (unpaired) electrons. The minimum absolute atomic E-state index is 0.275. The smallest absolute Gasteiger partial charge is 0.333 e. The molecule has 156 valence electrons. The third-order valence-electron chi connectivity index (χ3n) is 3.88. The predicted octanol–water partition coefficient (Wildman–Crippen LogP) is 3.18. The van der Waals surface area contributed by atoms with Crippen molar-refractivity contribution in [1.82, 2.24) is 0 Å². The molecule has 0 spiro atoms. The highest BCUT2D eigenvalue weighted by Crippen LogP contribution is 2.15. The van der Waals surface area contributed by atoms with E-state index in [9.17, 15) is 13.2 Å². The summed E-state index contributed by atoms with van der Waals surface area (Å²) in [5.41, 5.74) is 2.72. The predicted molar refractivity (Wildman–Crippen MR) is 113 cm³/mol. The van der Waals surface area contributed by atoms with Gasteiger partial charge in [0.05, 0.1) is 6.26 Å². The monoisotopic (exact) mass is 419 g/mol. The molecule has 7 nitrogen and oxygen atoms in total. The first-order valence-corrected chi connectivity index (χ1v) is 10.9. The molecule has 2 aromatic rings. The van der Waals surface area contributed by atoms with Gasteiger partial charge in [0.2, 0.25) is 0 Å². The summed E-state index contributed by atoms with van der Waals surface area (Å²) in [6, 6.07) is 14.3. The minimum atomic E-state index is -3.52. The average molecular weight is 419 g/mol. The van der Waals surface area contributed by atoms with Crippen LogP contribution in [0, 0.1) is 0 Å². The lowest BCUT2D eigenvalue weighted by molar-refractivity contribution is -0.149. The van der Waals surface area contributed by atoms with Crippen molar-refractivity contribution >= 4 is 27.9 Å². The first kappa shape index (κ1) is 22.4. The normalized spacial score (nSPS) is 12.6. The summed E-state index contributed by atoms with van der Waals surface area (Å²) < 4.78 is 32.2. The van der Waals surface area contributed by atoms with Gasteiger partial charge in [0, 0.05) is 25.3 Å². The van der Waals surface area contributed by atoms with Crippen molar-refractivity contribution in [3.63, 3.8) is 0 Å². The van der Waals surface area contributed by atoms with Crippen LogP contribution in [0.5, 0.6) is 5.75 Å². The molecule has 0 aliphatic rings. The summed E-state index contributed by atoms with van der Waals surface area (Å²) in [5.74, 6) is -0.688. The average Bonchev–Trinajstić information content (AvgIpc) is 2.66. The fraction of sp³-hybridized carbons (Fsp3) is 0.286. The van der Waals surface area contributed by atoms with Crippen LogP contribution in [-0.2, 0) is 26.1 Å². The Labute approximate surface area is 171 Å². The lowest BCUT2D eigenvalue weighted by Gasteiger charge is -2.12. The molecule has 0 aliphatic heterocycles. The highest BCUT2D eigenvalue weighted by molar-refractivity contribution is 7.86. The van der Waals surface area contributed by atoms with E-state index in [1.165, 1.54) is 0 Å². The number of hydrogen-bond donors (Lipinski definition) is 2. The topological polar surface area (TPSA) is 102 Å². The zero-order chi connectivity index (χ0) is 21.3. The Morgan fingerprint density at radius 3 is 2.34 bits per heavy atom. The SMILES string of the molecule is CCO[C@H](Cc1ccc(NC/C=C/c2ccc(OS(C)(=O)=O)cc2)cc1)C(=O)O. The second-order valence-electron chi connectivity index (χ2n) is 6.32. The van der Waals surface area contributed by atoms with E-state index in [0.717, 1.165) is 23.1 Å². The van der Waals surface area contributed by atoms with E-state index in [2.05, 4.69) is 5.32 Å². The second-order valence-corrected chi connectivity index (χ2v) is 7.90. The van der Waals surface area contributed by atoms with Gasteiger partial charge in [-0.1, -0.05) is 36.4 Å². The Balaban J connectivity index is 1.83. The van der Waals surface area contributed by atoms with Crippen LogP contribution in [-0.4, -0.2) is 45.0 Å². The Bertz CT molecular complexity index is 921. The standard InChI is InChI=1S/C21H25NO6S/c1-3-27-20(21(23)24)15-17-6-10-18(11-7-17)22-14-4-5-16-8-12-19(13-9-16)28-29(2,25)26/h4-13,20,22H,3,14-15H2,1-2H3,(H,23,24)/b5-4+/t20-/m1/s1. The van der Waals surface area contributed by atoms with Crippen LogP contribution < -0.4 is 9.50 Å². The molecule has 2 N–H and O–H groups in total. The zero-order valence-corrected chi connectivity index (χ0v) is 17.2. The van der Waals surface area contributed by atoms with Gasteiger partial charge < -0.3 is 19.3 Å². The quantitative estimate of drug-likeness (QED) is 0.539. The molecular formula is C21H25NO6S. The van der Waals surface area contributed by atoms with Gasteiger partial charge in [-0.15, -0.1) is 0 Å². The molecule has 0 saturated carbocycles. The molecule has 0 bridgehead atoms. The molecular weight excluding hydrogens is 394 g/mol. The summed E-state index contributed by atoms with van der Waals surface area (Å²) in [5, 5.41) is 12.4. The van der Waals surface area contributed by atoms with Crippen molar-refractivity contribution in [2.75, 3.05) is 24.7 Å². The Morgan fingerprint density at radius 1 is 1.14 bits per heavy atom. The molecule has 0 amide bonds. The van der Waals surface area contributed by atoms with Gasteiger partial charge in [-0.2, -0.15) is 8.42 Å². The first-order valence-electron chi connectivity index (χ1n) is 9.10. The van der Waals surface area contributed by atoms with E-state index in [4.69, 9.17) is 14.0 Å². The van der Waals surface area contributed by atoms with E-state index < -0.39 is 22.2 Å². The van der Waals surface area contributed by atoms with E-state index in [0.29, 0.717) is 19.6 Å². The van der Waals surface area contributed by atoms with Crippen LogP contribution in [0.25, 0.3) is 6.08 Å². The Kier molecular flexibility index (Phi) is 8.23. The maximum absolute atomic E-state index is 11.2. The number of carboxylic acids is 1. The number of nitrogens with one attached hydrogen (secondary N) is 1. The minimum Gasteiger partial charge on any atom is -0.479 e. The van der Waals surface area contributed by atoms with Crippen LogP contribution in [0.15, 0.2) is 54.6 Å². The summed E-state index contributed by atoms with van der Waals surface area (Å²) in [6.45, 7) is 2.72. The maximum atomic E-state index is 11.2. The lowest BCUT2D eigenvalue weighted by atomic mass is 10.1. The zero-order valence-electron chi connectivity index (χ0n) is 16.4. The van der Waals surface area contributed by atoms with Crippen LogP contribution in [0.3, 0.4) is 0 Å². The van der Waals surface area contributed by atoms with Crippen molar-refractivity contribution in [2.45, 2.75) is 19.4 Å². The fourth-order valence-electron chi connectivity index (χ4n) is 2.57. The molecule has 29 heavy (non-hydrogen) atoms. The summed E-state index contributed by atoms with van der Waals surface area (Å²) >= 11 is 0. The Hall–Kier alpha value is -2.84. The molecule has 0 fully saturated rings. The van der Waals surface area contributed by atoms with E-state index in [1.807, 2.05) is 36.4 Å². The largest absolute Gasteiger partial charge is 0.479 e. The van der Waals surface area contributed by atoms with Crippen molar-refractivity contribution in [3.05, 3.63) is 65.7 Å². The molecule has 2 rings (SSSR count). The fourth-order valence-corrected chi connectivity index (χ4v) is 3.03. The molecule has 0 aliphatic carbocycles.